The van der Waals surface area contributed by atoms with Gasteiger partial charge in [-0.1, -0.05) is 0 Å². The van der Waals surface area contributed by atoms with Crippen LogP contribution >= 0.6 is 0 Å². The van der Waals surface area contributed by atoms with Crippen molar-refractivity contribution in [3.8, 4) is 0 Å². The Balaban J connectivity index is 2.16. The second-order valence-corrected chi connectivity index (χ2v) is 4.50. The van der Waals surface area contributed by atoms with E-state index < -0.39 is 24.0 Å². The summed E-state index contributed by atoms with van der Waals surface area (Å²) in [5.41, 5.74) is -1.30. The molecule has 2 rings (SSSR count). The second kappa shape index (κ2) is 4.85. The Morgan fingerprint density at radius 3 is 2.80 bits per heavy atom. The van der Waals surface area contributed by atoms with Crippen LogP contribution in [0.2, 0.25) is 0 Å². The van der Waals surface area contributed by atoms with E-state index in [4.69, 9.17) is 5.11 Å². The predicted molar refractivity (Wildman–Crippen MR) is 66.1 cm³/mol. The maximum absolute atomic E-state index is 11.8. The molecule has 0 saturated carbocycles. The number of carboxylic acid groups (broad SMARTS) is 1. The van der Waals surface area contributed by atoms with Crippen molar-refractivity contribution in [2.75, 3.05) is 6.54 Å². The van der Waals surface area contributed by atoms with Gasteiger partial charge < -0.3 is 15.5 Å². The number of aliphatic hydroxyl groups is 1. The van der Waals surface area contributed by atoms with Gasteiger partial charge in [-0.05, 0) is 19.9 Å². The number of hydrogen-bond donors (Lipinski definition) is 3. The third kappa shape index (κ3) is 2.57. The Bertz CT molecular complexity index is 679. The van der Waals surface area contributed by atoms with Crippen molar-refractivity contribution in [3.05, 3.63) is 23.8 Å². The van der Waals surface area contributed by atoms with Crippen LogP contribution < -0.4 is 5.32 Å². The minimum absolute atomic E-state index is 0.145. The van der Waals surface area contributed by atoms with Gasteiger partial charge in [-0.15, -0.1) is 5.10 Å². The summed E-state index contributed by atoms with van der Waals surface area (Å²) in [5.74, 6) is -2.00. The van der Waals surface area contributed by atoms with Crippen molar-refractivity contribution >= 4 is 17.7 Å². The topological polar surface area (TPSA) is 130 Å². The third-order valence-electron chi connectivity index (χ3n) is 2.69. The SMILES string of the molecule is Cc1ccnc2nc(C(=O)NCC(C)(O)C(=O)O)nn12. The Hall–Kier alpha value is -2.55. The molecule has 1 atom stereocenters. The quantitative estimate of drug-likeness (QED) is 0.654. The number of carbonyl (C=O) groups is 2. The molecular formula is C11H13N5O4. The van der Waals surface area contributed by atoms with Crippen LogP contribution in [0.1, 0.15) is 23.2 Å². The molecule has 2 aromatic heterocycles. The van der Waals surface area contributed by atoms with Crippen LogP contribution in [0.25, 0.3) is 5.78 Å². The molecule has 0 fully saturated rings. The van der Waals surface area contributed by atoms with E-state index in [0.29, 0.717) is 0 Å². The highest BCUT2D eigenvalue weighted by atomic mass is 16.4. The molecule has 0 aliphatic heterocycles. The van der Waals surface area contributed by atoms with E-state index in [1.165, 1.54) is 10.7 Å². The van der Waals surface area contributed by atoms with Crippen LogP contribution in [0.5, 0.6) is 0 Å². The fourth-order valence-electron chi connectivity index (χ4n) is 1.41. The molecule has 2 aromatic rings. The van der Waals surface area contributed by atoms with E-state index in [2.05, 4.69) is 20.4 Å². The number of aliphatic carboxylic acids is 1. The number of carboxylic acids is 1. The van der Waals surface area contributed by atoms with Gasteiger partial charge in [0, 0.05) is 11.9 Å². The molecule has 0 spiro atoms. The number of hydrogen-bond acceptors (Lipinski definition) is 6. The number of carbonyl (C=O) groups excluding carboxylic acids is 1. The molecule has 9 heteroatoms. The summed E-state index contributed by atoms with van der Waals surface area (Å²) in [6.45, 7) is 2.40. The molecule has 1 amide bonds. The van der Waals surface area contributed by atoms with E-state index >= 15 is 0 Å². The monoisotopic (exact) mass is 279 g/mol. The van der Waals surface area contributed by atoms with E-state index in [0.717, 1.165) is 12.6 Å². The minimum Gasteiger partial charge on any atom is -0.479 e. The van der Waals surface area contributed by atoms with E-state index in [1.54, 1.807) is 13.0 Å². The minimum atomic E-state index is -2.05. The Labute approximate surface area is 113 Å². The van der Waals surface area contributed by atoms with Gasteiger partial charge in [0.15, 0.2) is 5.60 Å². The summed E-state index contributed by atoms with van der Waals surface area (Å²) in [6, 6.07) is 1.71. The van der Waals surface area contributed by atoms with Crippen LogP contribution in [0.3, 0.4) is 0 Å². The summed E-state index contributed by atoms with van der Waals surface area (Å²) in [4.78, 5) is 30.4. The lowest BCUT2D eigenvalue weighted by molar-refractivity contribution is -0.155. The molecule has 0 saturated heterocycles. The van der Waals surface area contributed by atoms with Crippen LogP contribution in [-0.4, -0.2) is 53.8 Å². The van der Waals surface area contributed by atoms with Gasteiger partial charge in [0.2, 0.25) is 5.82 Å². The fourth-order valence-corrected chi connectivity index (χ4v) is 1.41. The molecule has 0 radical (unpaired) electrons. The number of rotatable bonds is 4. The third-order valence-corrected chi connectivity index (χ3v) is 2.69. The molecular weight excluding hydrogens is 266 g/mol. The van der Waals surface area contributed by atoms with Crippen molar-refractivity contribution in [1.82, 2.24) is 24.9 Å². The summed E-state index contributed by atoms with van der Waals surface area (Å²) < 4.78 is 1.39. The largest absolute Gasteiger partial charge is 0.479 e. The van der Waals surface area contributed by atoms with Gasteiger partial charge in [0.05, 0.1) is 6.54 Å². The van der Waals surface area contributed by atoms with Crippen molar-refractivity contribution in [2.45, 2.75) is 19.4 Å². The average Bonchev–Trinajstić information content (AvgIpc) is 2.81. The van der Waals surface area contributed by atoms with E-state index in [-0.39, 0.29) is 11.6 Å². The standard InChI is InChI=1S/C11H13N5O4/c1-6-3-4-12-10-14-7(15-16(6)10)8(17)13-5-11(2,20)9(18)19/h3-4,20H,5H2,1-2H3,(H,13,17)(H,18,19). The molecule has 0 aliphatic carbocycles. The van der Waals surface area contributed by atoms with Crippen molar-refractivity contribution in [2.24, 2.45) is 0 Å². The maximum Gasteiger partial charge on any atom is 0.337 e. The number of aryl methyl sites for hydroxylation is 1. The van der Waals surface area contributed by atoms with Crippen LogP contribution in [-0.2, 0) is 4.79 Å². The summed E-state index contributed by atoms with van der Waals surface area (Å²) >= 11 is 0. The maximum atomic E-state index is 11.8. The number of amides is 1. The first-order valence-corrected chi connectivity index (χ1v) is 5.73. The zero-order chi connectivity index (χ0) is 14.9. The van der Waals surface area contributed by atoms with Crippen LogP contribution in [0.15, 0.2) is 12.3 Å². The highest BCUT2D eigenvalue weighted by Gasteiger charge is 2.30. The van der Waals surface area contributed by atoms with Crippen molar-refractivity contribution < 1.29 is 19.8 Å². The van der Waals surface area contributed by atoms with Crippen LogP contribution in [0, 0.1) is 6.92 Å². The van der Waals surface area contributed by atoms with Gasteiger partial charge in [0.1, 0.15) is 0 Å². The van der Waals surface area contributed by atoms with Gasteiger partial charge in [0.25, 0.3) is 11.7 Å². The molecule has 0 aromatic carbocycles. The summed E-state index contributed by atoms with van der Waals surface area (Å²) in [6.07, 6.45) is 1.54. The molecule has 2 heterocycles. The Kier molecular flexibility index (Phi) is 3.36. The van der Waals surface area contributed by atoms with Crippen LogP contribution in [0.4, 0.5) is 0 Å². The van der Waals surface area contributed by atoms with E-state index in [1.807, 2.05) is 0 Å². The van der Waals surface area contributed by atoms with Crippen molar-refractivity contribution in [3.63, 3.8) is 0 Å². The summed E-state index contributed by atoms with van der Waals surface area (Å²) in [5, 5.41) is 24.5. The fraction of sp³-hybridized carbons (Fsp3) is 0.364. The molecule has 0 aliphatic rings. The second-order valence-electron chi connectivity index (χ2n) is 4.50. The molecule has 3 N–H and O–H groups in total. The molecule has 20 heavy (non-hydrogen) atoms. The van der Waals surface area contributed by atoms with Gasteiger partial charge in [-0.3, -0.25) is 4.79 Å². The Morgan fingerprint density at radius 1 is 1.50 bits per heavy atom. The average molecular weight is 279 g/mol. The zero-order valence-corrected chi connectivity index (χ0v) is 10.9. The van der Waals surface area contributed by atoms with Gasteiger partial charge in [-0.25, -0.2) is 14.3 Å². The number of nitrogens with zero attached hydrogens (tertiary/aromatic N) is 4. The molecule has 106 valence electrons. The summed E-state index contributed by atoms with van der Waals surface area (Å²) in [7, 11) is 0. The Morgan fingerprint density at radius 2 is 2.20 bits per heavy atom. The normalized spacial score (nSPS) is 13.9. The smallest absolute Gasteiger partial charge is 0.337 e. The van der Waals surface area contributed by atoms with Gasteiger partial charge in [-0.2, -0.15) is 4.98 Å². The lowest BCUT2D eigenvalue weighted by atomic mass is 10.1. The highest BCUT2D eigenvalue weighted by Crippen LogP contribution is 2.04. The first-order chi connectivity index (χ1) is 9.31. The number of fused-ring (bicyclic) bond motifs is 1. The zero-order valence-electron chi connectivity index (χ0n) is 10.9. The van der Waals surface area contributed by atoms with Crippen molar-refractivity contribution in [1.29, 1.82) is 0 Å². The lowest BCUT2D eigenvalue weighted by Gasteiger charge is -2.17. The highest BCUT2D eigenvalue weighted by molar-refractivity contribution is 5.91. The molecule has 9 nitrogen and oxygen atoms in total. The van der Waals surface area contributed by atoms with Gasteiger partial charge >= 0.3 is 5.97 Å². The van der Waals surface area contributed by atoms with E-state index in [9.17, 15) is 14.7 Å². The first-order valence-electron chi connectivity index (χ1n) is 5.73. The number of nitrogens with one attached hydrogen (secondary N) is 1. The lowest BCUT2D eigenvalue weighted by Crippen LogP contribution is -2.46. The number of aromatic nitrogens is 4. The first kappa shape index (κ1) is 13.9. The predicted octanol–water partition coefficient (Wildman–Crippen LogP) is -1.00. The molecule has 0 bridgehead atoms. The molecule has 1 unspecified atom stereocenters.